The van der Waals surface area contributed by atoms with Gasteiger partial charge < -0.3 is 15.3 Å². The molecule has 1 aromatic carbocycles. The highest BCUT2D eigenvalue weighted by atomic mass is 35.5. The highest BCUT2D eigenvalue weighted by molar-refractivity contribution is 6.31. The van der Waals surface area contributed by atoms with E-state index in [-0.39, 0.29) is 23.2 Å². The van der Waals surface area contributed by atoms with Crippen molar-refractivity contribution in [2.24, 2.45) is 5.92 Å². The third kappa shape index (κ3) is 4.70. The lowest BCUT2D eigenvalue weighted by Crippen LogP contribution is -2.41. The van der Waals surface area contributed by atoms with Gasteiger partial charge in [0.05, 0.1) is 10.7 Å². The first-order chi connectivity index (χ1) is 9.31. The van der Waals surface area contributed by atoms with Crippen LogP contribution in [0.2, 0.25) is 5.02 Å². The molecule has 1 rings (SSSR count). The van der Waals surface area contributed by atoms with E-state index in [0.29, 0.717) is 0 Å². The molecule has 0 aromatic heterocycles. The second kappa shape index (κ2) is 7.09. The fourth-order valence-electron chi connectivity index (χ4n) is 1.62. The minimum absolute atomic E-state index is 0.0818. The SMILES string of the molecule is CC(C)CN(CC(=O)O)C(=O)Nc1cccc(Cl)c1F. The third-order valence-electron chi connectivity index (χ3n) is 2.39. The Morgan fingerprint density at radius 2 is 2.10 bits per heavy atom. The molecule has 0 saturated heterocycles. The summed E-state index contributed by atoms with van der Waals surface area (Å²) in [6, 6.07) is 3.52. The first-order valence-corrected chi connectivity index (χ1v) is 6.40. The number of carbonyl (C=O) groups excluding carboxylic acids is 1. The summed E-state index contributed by atoms with van der Waals surface area (Å²) in [6.07, 6.45) is 0. The van der Waals surface area contributed by atoms with Crippen LogP contribution >= 0.6 is 11.6 Å². The van der Waals surface area contributed by atoms with Crippen LogP contribution in [-0.2, 0) is 4.79 Å². The van der Waals surface area contributed by atoms with Gasteiger partial charge in [0, 0.05) is 6.54 Å². The van der Waals surface area contributed by atoms with E-state index in [1.165, 1.54) is 18.2 Å². The molecule has 0 aliphatic rings. The van der Waals surface area contributed by atoms with E-state index in [4.69, 9.17) is 16.7 Å². The Morgan fingerprint density at radius 3 is 2.65 bits per heavy atom. The Balaban J connectivity index is 2.84. The number of carbonyl (C=O) groups is 2. The first-order valence-electron chi connectivity index (χ1n) is 6.03. The highest BCUT2D eigenvalue weighted by Crippen LogP contribution is 2.22. The zero-order chi connectivity index (χ0) is 15.3. The van der Waals surface area contributed by atoms with Gasteiger partial charge in [-0.15, -0.1) is 0 Å². The van der Waals surface area contributed by atoms with Gasteiger partial charge in [0.1, 0.15) is 6.54 Å². The van der Waals surface area contributed by atoms with Crippen LogP contribution in [0.25, 0.3) is 0 Å². The topological polar surface area (TPSA) is 69.6 Å². The number of urea groups is 1. The van der Waals surface area contributed by atoms with Crippen LogP contribution in [0.15, 0.2) is 18.2 Å². The Hall–Kier alpha value is -1.82. The number of aliphatic carboxylic acids is 1. The largest absolute Gasteiger partial charge is 0.480 e. The predicted octanol–water partition coefficient (Wildman–Crippen LogP) is 3.05. The minimum Gasteiger partial charge on any atom is -0.480 e. The number of nitrogens with zero attached hydrogens (tertiary/aromatic N) is 1. The Morgan fingerprint density at radius 1 is 1.45 bits per heavy atom. The number of hydrogen-bond acceptors (Lipinski definition) is 2. The van der Waals surface area contributed by atoms with Gasteiger partial charge in [0.15, 0.2) is 5.82 Å². The second-order valence-electron chi connectivity index (χ2n) is 4.70. The van der Waals surface area contributed by atoms with Crippen molar-refractivity contribution in [3.05, 3.63) is 29.0 Å². The van der Waals surface area contributed by atoms with Crippen LogP contribution in [0, 0.1) is 11.7 Å². The number of benzene rings is 1. The van der Waals surface area contributed by atoms with Crippen molar-refractivity contribution in [3.63, 3.8) is 0 Å². The number of nitrogens with one attached hydrogen (secondary N) is 1. The molecule has 20 heavy (non-hydrogen) atoms. The molecule has 7 heteroatoms. The van der Waals surface area contributed by atoms with Crippen molar-refractivity contribution < 1.29 is 19.1 Å². The summed E-state index contributed by atoms with van der Waals surface area (Å²) in [7, 11) is 0. The lowest BCUT2D eigenvalue weighted by molar-refractivity contribution is -0.137. The molecular weight excluding hydrogens is 287 g/mol. The van der Waals surface area contributed by atoms with Crippen LogP contribution in [0.1, 0.15) is 13.8 Å². The second-order valence-corrected chi connectivity index (χ2v) is 5.11. The average Bonchev–Trinajstić information content (AvgIpc) is 2.33. The normalized spacial score (nSPS) is 10.4. The molecule has 0 atom stereocenters. The lowest BCUT2D eigenvalue weighted by Gasteiger charge is -2.23. The summed E-state index contributed by atoms with van der Waals surface area (Å²) in [4.78, 5) is 23.8. The first kappa shape index (κ1) is 16.2. The molecule has 5 nitrogen and oxygen atoms in total. The van der Waals surface area contributed by atoms with Crippen LogP contribution in [-0.4, -0.2) is 35.1 Å². The standard InChI is InChI=1S/C13H16ClFN2O3/c1-8(2)6-17(7-11(18)19)13(20)16-10-5-3-4-9(14)12(10)15/h3-5,8H,6-7H2,1-2H3,(H,16,20)(H,18,19). The van der Waals surface area contributed by atoms with E-state index >= 15 is 0 Å². The molecule has 0 aliphatic carbocycles. The van der Waals surface area contributed by atoms with Crippen LogP contribution < -0.4 is 5.32 Å². The summed E-state index contributed by atoms with van der Waals surface area (Å²) in [5.41, 5.74) is -0.0818. The fraction of sp³-hybridized carbons (Fsp3) is 0.385. The van der Waals surface area contributed by atoms with E-state index in [1.54, 1.807) is 0 Å². The van der Waals surface area contributed by atoms with Gasteiger partial charge in [-0.1, -0.05) is 31.5 Å². The third-order valence-corrected chi connectivity index (χ3v) is 2.68. The molecule has 1 aromatic rings. The highest BCUT2D eigenvalue weighted by Gasteiger charge is 2.19. The molecule has 2 N–H and O–H groups in total. The van der Waals surface area contributed by atoms with Crippen molar-refractivity contribution in [1.82, 2.24) is 4.90 Å². The Labute approximate surface area is 121 Å². The molecule has 0 radical (unpaired) electrons. The smallest absolute Gasteiger partial charge is 0.323 e. The molecule has 0 unspecified atom stereocenters. The number of carboxylic acid groups (broad SMARTS) is 1. The van der Waals surface area contributed by atoms with E-state index in [1.807, 2.05) is 13.8 Å². The van der Waals surface area contributed by atoms with E-state index < -0.39 is 24.4 Å². The van der Waals surface area contributed by atoms with E-state index in [0.717, 1.165) is 4.90 Å². The summed E-state index contributed by atoms with van der Waals surface area (Å²) >= 11 is 5.61. The molecule has 0 bridgehead atoms. The Bertz CT molecular complexity index is 508. The molecule has 0 fully saturated rings. The van der Waals surface area contributed by atoms with Crippen LogP contribution in [0.3, 0.4) is 0 Å². The summed E-state index contributed by atoms with van der Waals surface area (Å²) in [5.74, 6) is -1.79. The number of halogens is 2. The minimum atomic E-state index is -1.13. The summed E-state index contributed by atoms with van der Waals surface area (Å²) < 4.78 is 13.7. The Kier molecular flexibility index (Phi) is 5.76. The van der Waals surface area contributed by atoms with Crippen molar-refractivity contribution >= 4 is 29.3 Å². The quantitative estimate of drug-likeness (QED) is 0.878. The summed E-state index contributed by atoms with van der Waals surface area (Å²) in [6.45, 7) is 3.50. The summed E-state index contributed by atoms with van der Waals surface area (Å²) in [5, 5.41) is 11.0. The van der Waals surface area contributed by atoms with Gasteiger partial charge in [-0.3, -0.25) is 4.79 Å². The number of rotatable bonds is 5. The van der Waals surface area contributed by atoms with Gasteiger partial charge in [0.2, 0.25) is 0 Å². The number of amides is 2. The van der Waals surface area contributed by atoms with Crippen molar-refractivity contribution in [2.45, 2.75) is 13.8 Å². The number of hydrogen-bond donors (Lipinski definition) is 2. The van der Waals surface area contributed by atoms with Gasteiger partial charge >= 0.3 is 12.0 Å². The predicted molar refractivity (Wildman–Crippen MR) is 74.5 cm³/mol. The molecule has 0 heterocycles. The van der Waals surface area contributed by atoms with E-state index in [2.05, 4.69) is 5.32 Å². The average molecular weight is 303 g/mol. The molecule has 2 amide bonds. The van der Waals surface area contributed by atoms with E-state index in [9.17, 15) is 14.0 Å². The monoisotopic (exact) mass is 302 g/mol. The maximum absolute atomic E-state index is 13.7. The number of anilines is 1. The molecule has 110 valence electrons. The van der Waals surface area contributed by atoms with Crippen LogP contribution in [0.5, 0.6) is 0 Å². The molecular formula is C13H16ClFN2O3. The molecule has 0 spiro atoms. The fourth-order valence-corrected chi connectivity index (χ4v) is 1.79. The zero-order valence-corrected chi connectivity index (χ0v) is 11.9. The van der Waals surface area contributed by atoms with Crippen LogP contribution in [0.4, 0.5) is 14.9 Å². The van der Waals surface area contributed by atoms with Crippen molar-refractivity contribution in [1.29, 1.82) is 0 Å². The number of carboxylic acids is 1. The zero-order valence-electron chi connectivity index (χ0n) is 11.2. The maximum atomic E-state index is 13.7. The molecule has 0 saturated carbocycles. The van der Waals surface area contributed by atoms with Crippen molar-refractivity contribution in [2.75, 3.05) is 18.4 Å². The van der Waals surface area contributed by atoms with Crippen molar-refractivity contribution in [3.8, 4) is 0 Å². The lowest BCUT2D eigenvalue weighted by atomic mass is 10.2. The van der Waals surface area contributed by atoms with Gasteiger partial charge in [-0.05, 0) is 18.1 Å². The van der Waals surface area contributed by atoms with Gasteiger partial charge in [-0.2, -0.15) is 0 Å². The van der Waals surface area contributed by atoms with Gasteiger partial charge in [0.25, 0.3) is 0 Å². The molecule has 0 aliphatic heterocycles. The maximum Gasteiger partial charge on any atom is 0.323 e. The van der Waals surface area contributed by atoms with Gasteiger partial charge in [-0.25, -0.2) is 9.18 Å².